The second kappa shape index (κ2) is 6.65. The highest BCUT2D eigenvalue weighted by atomic mass is 16.3. The molecule has 1 atom stereocenters. The number of carbonyl (C=O) groups is 2. The lowest BCUT2D eigenvalue weighted by Gasteiger charge is -2.22. The van der Waals surface area contributed by atoms with Gasteiger partial charge in [0.15, 0.2) is 11.4 Å². The molecule has 1 aliphatic rings. The molecule has 1 aliphatic heterocycles. The lowest BCUT2D eigenvalue weighted by Crippen LogP contribution is -2.41. The van der Waals surface area contributed by atoms with Crippen molar-refractivity contribution in [2.45, 2.75) is 25.4 Å². The van der Waals surface area contributed by atoms with Crippen molar-refractivity contribution in [3.8, 4) is 0 Å². The van der Waals surface area contributed by atoms with Crippen molar-refractivity contribution in [1.29, 1.82) is 0 Å². The van der Waals surface area contributed by atoms with Gasteiger partial charge in [0.1, 0.15) is 0 Å². The van der Waals surface area contributed by atoms with Crippen LogP contribution in [-0.4, -0.2) is 23.3 Å². The number of benzene rings is 2. The largest absolute Gasteiger partial charge is 0.375 e. The van der Waals surface area contributed by atoms with Crippen LogP contribution in [0.3, 0.4) is 0 Å². The van der Waals surface area contributed by atoms with Crippen LogP contribution < -0.4 is 4.90 Å². The first kappa shape index (κ1) is 17.1. The Labute approximate surface area is 147 Å². The molecule has 1 N–H and O–H groups in total. The van der Waals surface area contributed by atoms with Gasteiger partial charge >= 0.3 is 0 Å². The maximum absolute atomic E-state index is 12.8. The summed E-state index contributed by atoms with van der Waals surface area (Å²) in [5, 5.41) is 11.1. The SMILES string of the molecule is C=CCN1C(=O)[C@@](O)(CC(=O)c2ccc(CC)cc2)c2ccccc21. The van der Waals surface area contributed by atoms with Crippen molar-refractivity contribution in [1.82, 2.24) is 0 Å². The number of Topliss-reactive ketones (excluding diaryl/α,β-unsaturated/α-hetero) is 1. The molecule has 4 nitrogen and oxygen atoms in total. The third-order valence-electron chi connectivity index (χ3n) is 4.65. The molecule has 0 radical (unpaired) electrons. The van der Waals surface area contributed by atoms with E-state index in [-0.39, 0.29) is 18.7 Å². The average molecular weight is 335 g/mol. The molecule has 0 aromatic heterocycles. The van der Waals surface area contributed by atoms with E-state index in [4.69, 9.17) is 0 Å². The first-order valence-corrected chi connectivity index (χ1v) is 8.38. The second-order valence-electron chi connectivity index (χ2n) is 6.23. The van der Waals surface area contributed by atoms with Gasteiger partial charge in [0.2, 0.25) is 0 Å². The van der Waals surface area contributed by atoms with Crippen molar-refractivity contribution in [2.75, 3.05) is 11.4 Å². The van der Waals surface area contributed by atoms with Crippen molar-refractivity contribution in [3.05, 3.63) is 77.9 Å². The molecule has 1 heterocycles. The molecule has 0 fully saturated rings. The number of aliphatic hydroxyl groups is 1. The number of carbonyl (C=O) groups excluding carboxylic acids is 2. The fraction of sp³-hybridized carbons (Fsp3) is 0.238. The standard InChI is InChI=1S/C21H21NO3/c1-3-13-22-18-8-6-5-7-17(18)21(25,20(22)24)14-19(23)16-11-9-15(4-2)10-12-16/h3,5-12,25H,1,4,13-14H2,2H3/t21-/m1/s1. The Bertz CT molecular complexity index is 825. The summed E-state index contributed by atoms with van der Waals surface area (Å²) in [7, 11) is 0. The van der Waals surface area contributed by atoms with E-state index in [2.05, 4.69) is 6.58 Å². The highest BCUT2D eigenvalue weighted by molar-refractivity contribution is 6.10. The van der Waals surface area contributed by atoms with E-state index < -0.39 is 11.5 Å². The summed E-state index contributed by atoms with van der Waals surface area (Å²) in [4.78, 5) is 27.0. The molecule has 25 heavy (non-hydrogen) atoms. The van der Waals surface area contributed by atoms with E-state index in [0.717, 1.165) is 12.0 Å². The average Bonchev–Trinajstić information content (AvgIpc) is 2.84. The van der Waals surface area contributed by atoms with Crippen LogP contribution in [0.15, 0.2) is 61.2 Å². The Morgan fingerprint density at radius 3 is 2.52 bits per heavy atom. The summed E-state index contributed by atoms with van der Waals surface area (Å²) in [6.07, 6.45) is 2.22. The van der Waals surface area contributed by atoms with Gasteiger partial charge in [0, 0.05) is 17.7 Å². The van der Waals surface area contributed by atoms with Crippen molar-refractivity contribution in [2.24, 2.45) is 0 Å². The molecule has 4 heteroatoms. The van der Waals surface area contributed by atoms with Gasteiger partial charge < -0.3 is 10.0 Å². The van der Waals surface area contributed by atoms with E-state index >= 15 is 0 Å². The zero-order valence-electron chi connectivity index (χ0n) is 14.2. The third kappa shape index (κ3) is 2.89. The minimum atomic E-state index is -1.83. The van der Waals surface area contributed by atoms with E-state index in [9.17, 15) is 14.7 Å². The quantitative estimate of drug-likeness (QED) is 0.651. The van der Waals surface area contributed by atoms with Gasteiger partial charge in [-0.05, 0) is 18.1 Å². The van der Waals surface area contributed by atoms with Crippen molar-refractivity contribution < 1.29 is 14.7 Å². The fourth-order valence-electron chi connectivity index (χ4n) is 3.25. The van der Waals surface area contributed by atoms with Crippen molar-refractivity contribution >= 4 is 17.4 Å². The van der Waals surface area contributed by atoms with E-state index in [0.29, 0.717) is 16.8 Å². The Kier molecular flexibility index (Phi) is 4.55. The zero-order valence-corrected chi connectivity index (χ0v) is 14.2. The van der Waals surface area contributed by atoms with E-state index in [1.165, 1.54) is 4.90 Å². The molecular formula is C21H21NO3. The number of hydrogen-bond acceptors (Lipinski definition) is 3. The number of para-hydroxylation sites is 1. The Morgan fingerprint density at radius 1 is 1.20 bits per heavy atom. The minimum Gasteiger partial charge on any atom is -0.375 e. The monoisotopic (exact) mass is 335 g/mol. The topological polar surface area (TPSA) is 57.6 Å². The molecule has 0 spiro atoms. The molecule has 0 saturated carbocycles. The highest BCUT2D eigenvalue weighted by Gasteiger charge is 2.50. The first-order chi connectivity index (χ1) is 12.0. The predicted octanol–water partition coefficient (Wildman–Crippen LogP) is 3.24. The Balaban J connectivity index is 1.93. The molecule has 2 aromatic rings. The molecule has 2 aromatic carbocycles. The summed E-state index contributed by atoms with van der Waals surface area (Å²) in [6.45, 7) is 5.99. The third-order valence-corrected chi connectivity index (χ3v) is 4.65. The number of anilines is 1. The molecular weight excluding hydrogens is 314 g/mol. The van der Waals surface area contributed by atoms with Gasteiger partial charge in [-0.25, -0.2) is 0 Å². The lowest BCUT2D eigenvalue weighted by molar-refractivity contribution is -0.135. The lowest BCUT2D eigenvalue weighted by atomic mass is 9.88. The van der Waals surface area contributed by atoms with Crippen LogP contribution in [0.1, 0.15) is 34.8 Å². The molecule has 3 rings (SSSR count). The number of hydrogen-bond donors (Lipinski definition) is 1. The highest BCUT2D eigenvalue weighted by Crippen LogP contribution is 2.42. The molecule has 0 unspecified atom stereocenters. The van der Waals surface area contributed by atoms with Crippen LogP contribution in [0.5, 0.6) is 0 Å². The fourth-order valence-corrected chi connectivity index (χ4v) is 3.25. The van der Waals surface area contributed by atoms with Gasteiger partial charge in [-0.2, -0.15) is 0 Å². The Morgan fingerprint density at radius 2 is 1.88 bits per heavy atom. The van der Waals surface area contributed by atoms with Crippen LogP contribution in [0.25, 0.3) is 0 Å². The van der Waals surface area contributed by atoms with Crippen LogP contribution in [0.4, 0.5) is 5.69 Å². The molecule has 128 valence electrons. The number of aryl methyl sites for hydroxylation is 1. The van der Waals surface area contributed by atoms with Crippen LogP contribution >= 0.6 is 0 Å². The summed E-state index contributed by atoms with van der Waals surface area (Å²) >= 11 is 0. The minimum absolute atomic E-state index is 0.256. The maximum atomic E-state index is 12.8. The summed E-state index contributed by atoms with van der Waals surface area (Å²) in [5.41, 5.74) is 0.900. The number of nitrogens with zero attached hydrogens (tertiary/aromatic N) is 1. The number of rotatable bonds is 6. The van der Waals surface area contributed by atoms with Crippen LogP contribution in [0, 0.1) is 0 Å². The van der Waals surface area contributed by atoms with Crippen molar-refractivity contribution in [3.63, 3.8) is 0 Å². The predicted molar refractivity (Wildman–Crippen MR) is 97.7 cm³/mol. The smallest absolute Gasteiger partial charge is 0.264 e. The van der Waals surface area contributed by atoms with Crippen LogP contribution in [-0.2, 0) is 16.8 Å². The molecule has 0 saturated heterocycles. The first-order valence-electron chi connectivity index (χ1n) is 8.38. The number of amides is 1. The van der Waals surface area contributed by atoms with E-state index in [1.54, 1.807) is 42.5 Å². The van der Waals surface area contributed by atoms with Crippen LogP contribution in [0.2, 0.25) is 0 Å². The molecule has 1 amide bonds. The van der Waals surface area contributed by atoms with Gasteiger partial charge in [0.05, 0.1) is 12.1 Å². The normalized spacial score (nSPS) is 19.0. The van der Waals surface area contributed by atoms with Gasteiger partial charge in [-0.3, -0.25) is 9.59 Å². The van der Waals surface area contributed by atoms with Gasteiger partial charge in [-0.1, -0.05) is 55.5 Å². The molecule has 0 aliphatic carbocycles. The van der Waals surface area contributed by atoms with E-state index in [1.807, 2.05) is 19.1 Å². The number of ketones is 1. The maximum Gasteiger partial charge on any atom is 0.264 e. The second-order valence-corrected chi connectivity index (χ2v) is 6.23. The van der Waals surface area contributed by atoms with Gasteiger partial charge in [0.25, 0.3) is 5.91 Å². The number of fused-ring (bicyclic) bond motifs is 1. The zero-order chi connectivity index (χ0) is 18.0. The molecule has 0 bridgehead atoms. The summed E-state index contributed by atoms with van der Waals surface area (Å²) in [6, 6.07) is 14.3. The summed E-state index contributed by atoms with van der Waals surface area (Å²) in [5.74, 6) is -0.735. The van der Waals surface area contributed by atoms with Gasteiger partial charge in [-0.15, -0.1) is 6.58 Å². The summed E-state index contributed by atoms with van der Waals surface area (Å²) < 4.78 is 0. The Hall–Kier alpha value is -2.72.